The number of hydrogen-bond donors (Lipinski definition) is 2. The lowest BCUT2D eigenvalue weighted by atomic mass is 9.85. The van der Waals surface area contributed by atoms with Crippen molar-refractivity contribution < 1.29 is 13.2 Å². The molecule has 0 aliphatic heterocycles. The van der Waals surface area contributed by atoms with E-state index in [0.717, 1.165) is 19.3 Å². The summed E-state index contributed by atoms with van der Waals surface area (Å²) in [5, 5.41) is 7.86. The Labute approximate surface area is 106 Å². The van der Waals surface area contributed by atoms with Crippen LogP contribution in [0.25, 0.3) is 0 Å². The van der Waals surface area contributed by atoms with Crippen LogP contribution in [0, 0.1) is 12.8 Å². The molecule has 0 heterocycles. The van der Waals surface area contributed by atoms with Gasteiger partial charge in [-0.05, 0) is 43.5 Å². The van der Waals surface area contributed by atoms with Crippen LogP contribution < -0.4 is 10.5 Å². The molecule has 5 nitrogen and oxygen atoms in total. The lowest BCUT2D eigenvalue weighted by molar-refractivity contribution is -0.122. The summed E-state index contributed by atoms with van der Waals surface area (Å²) in [6.45, 7) is 1.74. The molecule has 1 aliphatic rings. The Kier molecular flexibility index (Phi) is 3.41. The van der Waals surface area contributed by atoms with Crippen LogP contribution in [0.15, 0.2) is 23.1 Å². The molecule has 3 N–H and O–H groups in total. The number of nitrogens with one attached hydrogen (secondary N) is 1. The number of amides is 1. The molecule has 0 atom stereocenters. The number of anilines is 1. The summed E-state index contributed by atoms with van der Waals surface area (Å²) in [5.41, 5.74) is 1.33. The van der Waals surface area contributed by atoms with Gasteiger partial charge in [0.2, 0.25) is 15.9 Å². The van der Waals surface area contributed by atoms with Crippen LogP contribution >= 0.6 is 0 Å². The summed E-state index contributed by atoms with van der Waals surface area (Å²) < 4.78 is 22.3. The van der Waals surface area contributed by atoms with Crippen molar-refractivity contribution in [1.29, 1.82) is 0 Å². The van der Waals surface area contributed by atoms with Gasteiger partial charge >= 0.3 is 0 Å². The Balaban J connectivity index is 2.17. The third kappa shape index (κ3) is 2.70. The highest BCUT2D eigenvalue weighted by molar-refractivity contribution is 7.89. The highest BCUT2D eigenvalue weighted by atomic mass is 32.2. The number of benzene rings is 1. The molecule has 1 aliphatic carbocycles. The molecule has 0 radical (unpaired) electrons. The second-order valence-electron chi connectivity index (χ2n) is 4.64. The molecule has 98 valence electrons. The van der Waals surface area contributed by atoms with Crippen LogP contribution in [0.5, 0.6) is 0 Å². The first kappa shape index (κ1) is 13.0. The molecule has 1 amide bonds. The summed E-state index contributed by atoms with van der Waals surface area (Å²) >= 11 is 0. The third-order valence-corrected chi connectivity index (χ3v) is 4.17. The quantitative estimate of drug-likeness (QED) is 0.867. The van der Waals surface area contributed by atoms with Crippen molar-refractivity contribution in [2.24, 2.45) is 11.1 Å². The van der Waals surface area contributed by atoms with E-state index in [1.165, 1.54) is 12.1 Å². The number of carbonyl (C=O) groups excluding carboxylic acids is 1. The lowest BCUT2D eigenvalue weighted by Crippen LogP contribution is -2.28. The van der Waals surface area contributed by atoms with Gasteiger partial charge in [0, 0.05) is 11.6 Å². The maximum atomic E-state index is 11.8. The number of carbonyl (C=O) groups is 1. The Morgan fingerprint density at radius 2 is 2.06 bits per heavy atom. The molecular weight excluding hydrogens is 252 g/mol. The zero-order valence-corrected chi connectivity index (χ0v) is 11.0. The average Bonchev–Trinajstić information content (AvgIpc) is 2.16. The number of hydrogen-bond acceptors (Lipinski definition) is 3. The summed E-state index contributed by atoms with van der Waals surface area (Å²) in [6, 6.07) is 4.44. The van der Waals surface area contributed by atoms with Crippen LogP contribution in [0.1, 0.15) is 24.8 Å². The van der Waals surface area contributed by atoms with Gasteiger partial charge in [-0.25, -0.2) is 13.6 Å². The second kappa shape index (κ2) is 4.70. The van der Waals surface area contributed by atoms with Crippen molar-refractivity contribution in [1.82, 2.24) is 0 Å². The van der Waals surface area contributed by atoms with Gasteiger partial charge in [-0.15, -0.1) is 0 Å². The van der Waals surface area contributed by atoms with Crippen molar-refractivity contribution >= 4 is 21.6 Å². The van der Waals surface area contributed by atoms with Gasteiger partial charge in [-0.3, -0.25) is 4.79 Å². The minimum absolute atomic E-state index is 0.00713. The molecule has 6 heteroatoms. The van der Waals surface area contributed by atoms with E-state index < -0.39 is 10.0 Å². The Bertz CT molecular complexity index is 577. The highest BCUT2D eigenvalue weighted by Crippen LogP contribution is 2.28. The first-order valence-corrected chi connectivity index (χ1v) is 7.37. The monoisotopic (exact) mass is 268 g/mol. The maximum Gasteiger partial charge on any atom is 0.238 e. The van der Waals surface area contributed by atoms with E-state index in [9.17, 15) is 13.2 Å². The minimum atomic E-state index is -3.69. The molecule has 0 unspecified atom stereocenters. The molecule has 18 heavy (non-hydrogen) atoms. The number of sulfonamides is 1. The van der Waals surface area contributed by atoms with Crippen LogP contribution in [0.2, 0.25) is 0 Å². The fourth-order valence-corrected chi connectivity index (χ4v) is 2.46. The molecule has 1 fully saturated rings. The predicted molar refractivity (Wildman–Crippen MR) is 68.5 cm³/mol. The van der Waals surface area contributed by atoms with Gasteiger partial charge in [-0.2, -0.15) is 0 Å². The average molecular weight is 268 g/mol. The van der Waals surface area contributed by atoms with E-state index in [1.807, 2.05) is 0 Å². The van der Waals surface area contributed by atoms with Gasteiger partial charge in [0.1, 0.15) is 0 Å². The van der Waals surface area contributed by atoms with Crippen molar-refractivity contribution in [2.75, 3.05) is 5.32 Å². The topological polar surface area (TPSA) is 89.3 Å². The summed E-state index contributed by atoms with van der Waals surface area (Å²) in [6.07, 6.45) is 2.96. The van der Waals surface area contributed by atoms with Crippen LogP contribution in [-0.2, 0) is 14.8 Å². The number of nitrogens with two attached hydrogens (primary N) is 1. The molecule has 0 saturated heterocycles. The lowest BCUT2D eigenvalue weighted by Gasteiger charge is -2.24. The Morgan fingerprint density at radius 1 is 1.39 bits per heavy atom. The predicted octanol–water partition coefficient (Wildman–Crippen LogP) is 1.38. The van der Waals surface area contributed by atoms with Gasteiger partial charge in [0.05, 0.1) is 4.90 Å². The normalized spacial score (nSPS) is 16.1. The molecule has 0 spiro atoms. The molecule has 1 aromatic carbocycles. The van der Waals surface area contributed by atoms with Gasteiger partial charge in [0.15, 0.2) is 0 Å². The summed E-state index contributed by atoms with van der Waals surface area (Å²) in [4.78, 5) is 11.8. The SMILES string of the molecule is Cc1cc(S(N)(=O)=O)ccc1NC(=O)C1CCC1. The number of aryl methyl sites for hydroxylation is 1. The van der Waals surface area contributed by atoms with Gasteiger partial charge < -0.3 is 5.32 Å². The fourth-order valence-electron chi connectivity index (χ4n) is 1.86. The van der Waals surface area contributed by atoms with E-state index in [0.29, 0.717) is 11.3 Å². The molecule has 0 aromatic heterocycles. The molecule has 1 saturated carbocycles. The molecule has 0 bridgehead atoms. The van der Waals surface area contributed by atoms with Crippen molar-refractivity contribution in [3.05, 3.63) is 23.8 Å². The van der Waals surface area contributed by atoms with Crippen molar-refractivity contribution in [3.8, 4) is 0 Å². The van der Waals surface area contributed by atoms with E-state index in [4.69, 9.17) is 5.14 Å². The van der Waals surface area contributed by atoms with Crippen LogP contribution in [0.4, 0.5) is 5.69 Å². The Morgan fingerprint density at radius 3 is 2.50 bits per heavy atom. The summed E-state index contributed by atoms with van der Waals surface area (Å²) in [7, 11) is -3.69. The minimum Gasteiger partial charge on any atom is -0.326 e. The summed E-state index contributed by atoms with van der Waals surface area (Å²) in [5.74, 6) is 0.107. The van der Waals surface area contributed by atoms with Gasteiger partial charge in [-0.1, -0.05) is 6.42 Å². The van der Waals surface area contributed by atoms with E-state index in [1.54, 1.807) is 13.0 Å². The van der Waals surface area contributed by atoms with Crippen molar-refractivity contribution in [3.63, 3.8) is 0 Å². The second-order valence-corrected chi connectivity index (χ2v) is 6.20. The zero-order valence-electron chi connectivity index (χ0n) is 10.1. The standard InChI is InChI=1S/C12H16N2O3S/c1-8-7-10(18(13,16)17)5-6-11(8)14-12(15)9-3-2-4-9/h5-7,9H,2-4H2,1H3,(H,14,15)(H2,13,16,17). The zero-order chi connectivity index (χ0) is 13.3. The van der Waals surface area contributed by atoms with Crippen LogP contribution in [0.3, 0.4) is 0 Å². The largest absolute Gasteiger partial charge is 0.326 e. The number of primary sulfonamides is 1. The molecule has 2 rings (SSSR count). The molecular formula is C12H16N2O3S. The van der Waals surface area contributed by atoms with Gasteiger partial charge in [0.25, 0.3) is 0 Å². The van der Waals surface area contributed by atoms with Crippen LogP contribution in [-0.4, -0.2) is 14.3 Å². The van der Waals surface area contributed by atoms with E-state index in [-0.39, 0.29) is 16.7 Å². The first-order chi connectivity index (χ1) is 8.38. The van der Waals surface area contributed by atoms with E-state index in [2.05, 4.69) is 5.32 Å². The smallest absolute Gasteiger partial charge is 0.238 e. The fraction of sp³-hybridized carbons (Fsp3) is 0.417. The molecule has 1 aromatic rings. The number of rotatable bonds is 3. The Hall–Kier alpha value is -1.40. The first-order valence-electron chi connectivity index (χ1n) is 5.82. The maximum absolute atomic E-state index is 11.8. The highest BCUT2D eigenvalue weighted by Gasteiger charge is 2.25. The van der Waals surface area contributed by atoms with E-state index >= 15 is 0 Å². The van der Waals surface area contributed by atoms with Crippen molar-refractivity contribution in [2.45, 2.75) is 31.1 Å². The third-order valence-electron chi connectivity index (χ3n) is 3.26.